The maximum Gasteiger partial charge on any atom is 0.153 e. The zero-order valence-corrected chi connectivity index (χ0v) is 9.87. The second-order valence-electron chi connectivity index (χ2n) is 3.51. The first-order valence-corrected chi connectivity index (χ1v) is 5.27. The van der Waals surface area contributed by atoms with Gasteiger partial charge in [-0.1, -0.05) is 12.1 Å². The zero-order chi connectivity index (χ0) is 13.0. The van der Waals surface area contributed by atoms with Crippen LogP contribution in [0.4, 0.5) is 23.0 Å². The first-order valence-electron chi connectivity index (χ1n) is 5.27. The number of pyridine rings is 1. The first kappa shape index (κ1) is 11.8. The van der Waals surface area contributed by atoms with E-state index < -0.39 is 0 Å². The molecule has 0 spiro atoms. The van der Waals surface area contributed by atoms with Crippen molar-refractivity contribution in [2.24, 2.45) is 10.2 Å². The van der Waals surface area contributed by atoms with Gasteiger partial charge in [-0.15, -0.1) is 10.2 Å². The molecule has 1 heterocycles. The Balaban J connectivity index is 2.30. The largest absolute Gasteiger partial charge is 0.494 e. The van der Waals surface area contributed by atoms with Crippen LogP contribution in [0, 0.1) is 0 Å². The number of ether oxygens (including phenoxy) is 1. The molecule has 0 aliphatic carbocycles. The predicted molar refractivity (Wildman–Crippen MR) is 70.2 cm³/mol. The highest BCUT2D eigenvalue weighted by atomic mass is 16.5. The van der Waals surface area contributed by atoms with Gasteiger partial charge in [0.05, 0.1) is 7.11 Å². The van der Waals surface area contributed by atoms with Gasteiger partial charge in [0.25, 0.3) is 0 Å². The summed E-state index contributed by atoms with van der Waals surface area (Å²) in [5, 5.41) is 8.10. The molecule has 0 fully saturated rings. The van der Waals surface area contributed by atoms with Crippen molar-refractivity contribution >= 4 is 23.0 Å². The summed E-state index contributed by atoms with van der Waals surface area (Å²) in [6.45, 7) is 0. The molecule has 0 bridgehead atoms. The molecule has 6 nitrogen and oxygen atoms in total. The maximum atomic E-state index is 5.68. The van der Waals surface area contributed by atoms with E-state index in [-0.39, 0.29) is 5.82 Å². The normalized spacial score (nSPS) is 10.7. The third kappa shape index (κ3) is 2.54. The van der Waals surface area contributed by atoms with E-state index in [2.05, 4.69) is 15.2 Å². The first-order chi connectivity index (χ1) is 8.70. The number of azo groups is 1. The number of hydrogen-bond acceptors (Lipinski definition) is 6. The monoisotopic (exact) mass is 243 g/mol. The molecular formula is C12H13N5O. The number of nitrogen functional groups attached to an aromatic ring is 2. The third-order valence-corrected chi connectivity index (χ3v) is 2.27. The van der Waals surface area contributed by atoms with Crippen molar-refractivity contribution in [3.05, 3.63) is 36.4 Å². The van der Waals surface area contributed by atoms with Crippen LogP contribution in [0.2, 0.25) is 0 Å². The Labute approximate surface area is 104 Å². The molecular weight excluding hydrogens is 230 g/mol. The smallest absolute Gasteiger partial charge is 0.153 e. The van der Waals surface area contributed by atoms with Crippen molar-refractivity contribution in [1.29, 1.82) is 0 Å². The molecule has 0 aliphatic heterocycles. The van der Waals surface area contributed by atoms with Crippen molar-refractivity contribution in [3.63, 3.8) is 0 Å². The quantitative estimate of drug-likeness (QED) is 0.809. The molecule has 1 aromatic heterocycles. The minimum atomic E-state index is 0.244. The second kappa shape index (κ2) is 5.13. The van der Waals surface area contributed by atoms with Gasteiger partial charge in [-0.3, -0.25) is 0 Å². The molecule has 0 aliphatic rings. The van der Waals surface area contributed by atoms with Crippen molar-refractivity contribution in [2.45, 2.75) is 0 Å². The molecule has 18 heavy (non-hydrogen) atoms. The standard InChI is InChI=1S/C12H13N5O/c1-18-10-5-3-2-4-8(10)16-17-9-6-7-11(13)15-12(9)14/h2-7H,1H3,(H4,13,14,15)/b17-16+. The van der Waals surface area contributed by atoms with Crippen LogP contribution in [0.3, 0.4) is 0 Å². The van der Waals surface area contributed by atoms with E-state index in [0.29, 0.717) is 22.9 Å². The van der Waals surface area contributed by atoms with Gasteiger partial charge < -0.3 is 16.2 Å². The molecule has 92 valence electrons. The number of nitrogens with zero attached hydrogens (tertiary/aromatic N) is 3. The molecule has 0 amide bonds. The average Bonchev–Trinajstić information content (AvgIpc) is 2.38. The van der Waals surface area contributed by atoms with Crippen LogP contribution in [0.5, 0.6) is 5.75 Å². The van der Waals surface area contributed by atoms with Gasteiger partial charge in [-0.2, -0.15) is 0 Å². The summed E-state index contributed by atoms with van der Waals surface area (Å²) < 4.78 is 5.16. The summed E-state index contributed by atoms with van der Waals surface area (Å²) in [6, 6.07) is 10.6. The van der Waals surface area contributed by atoms with Crippen molar-refractivity contribution in [3.8, 4) is 5.75 Å². The minimum Gasteiger partial charge on any atom is -0.494 e. The fourth-order valence-electron chi connectivity index (χ4n) is 1.39. The molecule has 4 N–H and O–H groups in total. The molecule has 2 aromatic rings. The second-order valence-corrected chi connectivity index (χ2v) is 3.51. The van der Waals surface area contributed by atoms with Crippen LogP contribution in [0.1, 0.15) is 0 Å². The van der Waals surface area contributed by atoms with Crippen LogP contribution < -0.4 is 16.2 Å². The summed E-state index contributed by atoms with van der Waals surface area (Å²) in [6.07, 6.45) is 0. The molecule has 0 saturated heterocycles. The average molecular weight is 243 g/mol. The SMILES string of the molecule is COc1ccccc1/N=N/c1ccc(N)nc1N. The van der Waals surface area contributed by atoms with E-state index in [9.17, 15) is 0 Å². The third-order valence-electron chi connectivity index (χ3n) is 2.27. The number of benzene rings is 1. The van der Waals surface area contributed by atoms with Gasteiger partial charge >= 0.3 is 0 Å². The molecule has 0 atom stereocenters. The summed E-state index contributed by atoms with van der Waals surface area (Å²) >= 11 is 0. The summed E-state index contributed by atoms with van der Waals surface area (Å²) in [5.74, 6) is 1.24. The fraction of sp³-hybridized carbons (Fsp3) is 0.0833. The van der Waals surface area contributed by atoms with Gasteiger partial charge in [-0.05, 0) is 24.3 Å². The Hall–Kier alpha value is -2.63. The van der Waals surface area contributed by atoms with Crippen LogP contribution >= 0.6 is 0 Å². The van der Waals surface area contributed by atoms with Crippen LogP contribution in [0.15, 0.2) is 46.6 Å². The van der Waals surface area contributed by atoms with Gasteiger partial charge in [0, 0.05) is 0 Å². The molecule has 0 radical (unpaired) electrons. The van der Waals surface area contributed by atoms with Gasteiger partial charge in [0.15, 0.2) is 5.82 Å². The lowest BCUT2D eigenvalue weighted by Crippen LogP contribution is -1.95. The Bertz CT molecular complexity index is 582. The lowest BCUT2D eigenvalue weighted by molar-refractivity contribution is 0.416. The zero-order valence-electron chi connectivity index (χ0n) is 9.87. The van der Waals surface area contributed by atoms with Gasteiger partial charge in [0.2, 0.25) is 0 Å². The molecule has 0 unspecified atom stereocenters. The van der Waals surface area contributed by atoms with E-state index in [1.807, 2.05) is 12.1 Å². The lowest BCUT2D eigenvalue weighted by atomic mass is 10.3. The number of hydrogen-bond donors (Lipinski definition) is 2. The Morgan fingerprint density at radius 1 is 1.00 bits per heavy atom. The molecule has 0 saturated carbocycles. The van der Waals surface area contributed by atoms with Crippen molar-refractivity contribution in [2.75, 3.05) is 18.6 Å². The summed E-state index contributed by atoms with van der Waals surface area (Å²) in [5.41, 5.74) is 12.3. The highest BCUT2D eigenvalue weighted by Gasteiger charge is 2.02. The number of para-hydroxylation sites is 1. The number of nitrogens with two attached hydrogens (primary N) is 2. The fourth-order valence-corrected chi connectivity index (χ4v) is 1.39. The van der Waals surface area contributed by atoms with E-state index in [0.717, 1.165) is 0 Å². The molecule has 1 aromatic carbocycles. The van der Waals surface area contributed by atoms with Crippen molar-refractivity contribution < 1.29 is 4.74 Å². The van der Waals surface area contributed by atoms with Crippen LogP contribution in [0.25, 0.3) is 0 Å². The number of rotatable bonds is 3. The summed E-state index contributed by atoms with van der Waals surface area (Å²) in [7, 11) is 1.58. The Kier molecular flexibility index (Phi) is 3.38. The lowest BCUT2D eigenvalue weighted by Gasteiger charge is -2.02. The molecule has 2 rings (SSSR count). The van der Waals surface area contributed by atoms with E-state index >= 15 is 0 Å². The van der Waals surface area contributed by atoms with Gasteiger partial charge in [-0.25, -0.2) is 4.98 Å². The Morgan fingerprint density at radius 2 is 1.72 bits per heavy atom. The van der Waals surface area contributed by atoms with Crippen molar-refractivity contribution in [1.82, 2.24) is 4.98 Å². The van der Waals surface area contributed by atoms with Crippen LogP contribution in [-0.4, -0.2) is 12.1 Å². The van der Waals surface area contributed by atoms with E-state index in [4.69, 9.17) is 16.2 Å². The van der Waals surface area contributed by atoms with E-state index in [1.54, 1.807) is 31.4 Å². The van der Waals surface area contributed by atoms with Gasteiger partial charge in [0.1, 0.15) is 22.9 Å². The highest BCUT2D eigenvalue weighted by molar-refractivity contribution is 5.60. The minimum absolute atomic E-state index is 0.244. The van der Waals surface area contributed by atoms with E-state index in [1.165, 1.54) is 0 Å². The highest BCUT2D eigenvalue weighted by Crippen LogP contribution is 2.29. The topological polar surface area (TPSA) is 98.9 Å². The number of aromatic nitrogens is 1. The maximum absolute atomic E-state index is 5.68. The number of methoxy groups -OCH3 is 1. The summed E-state index contributed by atoms with van der Waals surface area (Å²) in [4.78, 5) is 3.90. The van der Waals surface area contributed by atoms with Crippen LogP contribution in [-0.2, 0) is 0 Å². The number of anilines is 2. The predicted octanol–water partition coefficient (Wildman–Crippen LogP) is 2.67. The molecule has 6 heteroatoms. The Morgan fingerprint density at radius 3 is 2.44 bits per heavy atom.